The molecule has 2 aliphatic heterocycles. The molecule has 0 aliphatic carbocycles. The molecule has 0 amide bonds. The lowest BCUT2D eigenvalue weighted by Crippen LogP contribution is -2.55. The van der Waals surface area contributed by atoms with Crippen LogP contribution < -0.4 is 0 Å². The average Bonchev–Trinajstić information content (AvgIpc) is 2.25. The summed E-state index contributed by atoms with van der Waals surface area (Å²) in [5.41, 5.74) is 0.490. The van der Waals surface area contributed by atoms with Crippen LogP contribution in [-0.2, 0) is 0 Å². The molecule has 2 heteroatoms. The van der Waals surface area contributed by atoms with Crippen LogP contribution in [-0.4, -0.2) is 48.6 Å². The zero-order valence-corrected chi connectivity index (χ0v) is 11.3. The molecule has 2 aliphatic rings. The third-order valence-corrected chi connectivity index (χ3v) is 4.10. The molecule has 16 heavy (non-hydrogen) atoms. The molecule has 0 radical (unpaired) electrons. The van der Waals surface area contributed by atoms with E-state index in [4.69, 9.17) is 0 Å². The van der Waals surface area contributed by atoms with Crippen LogP contribution in [0.3, 0.4) is 0 Å². The van der Waals surface area contributed by atoms with Gasteiger partial charge in [0.25, 0.3) is 0 Å². The van der Waals surface area contributed by atoms with Gasteiger partial charge in [-0.1, -0.05) is 27.2 Å². The zero-order chi connectivity index (χ0) is 11.6. The lowest BCUT2D eigenvalue weighted by molar-refractivity contribution is 0.0445. The Hall–Kier alpha value is -0.0800. The molecule has 0 bridgehead atoms. The van der Waals surface area contributed by atoms with Gasteiger partial charge in [0.1, 0.15) is 0 Å². The molecule has 2 rings (SSSR count). The Morgan fingerprint density at radius 3 is 2.62 bits per heavy atom. The van der Waals surface area contributed by atoms with Gasteiger partial charge >= 0.3 is 0 Å². The molecular weight excluding hydrogens is 196 g/mol. The molecule has 0 aromatic carbocycles. The van der Waals surface area contributed by atoms with E-state index in [1.165, 1.54) is 58.4 Å². The van der Waals surface area contributed by atoms with Gasteiger partial charge in [0.2, 0.25) is 0 Å². The summed E-state index contributed by atoms with van der Waals surface area (Å²) in [5, 5.41) is 0. The molecule has 0 saturated carbocycles. The van der Waals surface area contributed by atoms with Crippen LogP contribution in [0.15, 0.2) is 0 Å². The van der Waals surface area contributed by atoms with Crippen molar-refractivity contribution in [1.29, 1.82) is 0 Å². The number of rotatable bonds is 2. The fraction of sp³-hybridized carbons (Fsp3) is 1.00. The minimum atomic E-state index is 0.490. The number of fused-ring (bicyclic) bond motifs is 1. The van der Waals surface area contributed by atoms with Gasteiger partial charge in [0.05, 0.1) is 0 Å². The molecule has 0 spiro atoms. The first-order valence-electron chi connectivity index (χ1n) is 7.01. The second-order valence-electron chi connectivity index (χ2n) is 6.80. The Morgan fingerprint density at radius 2 is 1.88 bits per heavy atom. The minimum Gasteiger partial charge on any atom is -0.300 e. The standard InChI is InChI=1S/C14H28N2/c1-14(2,3)7-9-15-10-11-16-8-5-4-6-13(16)12-15/h13H,4-12H2,1-3H3. The molecule has 94 valence electrons. The molecule has 0 aromatic heterocycles. The Morgan fingerprint density at radius 1 is 1.06 bits per heavy atom. The maximum Gasteiger partial charge on any atom is 0.0223 e. The van der Waals surface area contributed by atoms with Gasteiger partial charge in [-0.2, -0.15) is 0 Å². The van der Waals surface area contributed by atoms with Gasteiger partial charge in [-0.15, -0.1) is 0 Å². The van der Waals surface area contributed by atoms with E-state index < -0.39 is 0 Å². The second-order valence-corrected chi connectivity index (χ2v) is 6.80. The summed E-state index contributed by atoms with van der Waals surface area (Å²) < 4.78 is 0. The molecule has 1 atom stereocenters. The summed E-state index contributed by atoms with van der Waals surface area (Å²) in [7, 11) is 0. The number of nitrogens with zero attached hydrogens (tertiary/aromatic N) is 2. The molecule has 2 heterocycles. The van der Waals surface area contributed by atoms with Crippen molar-refractivity contribution in [3.8, 4) is 0 Å². The highest BCUT2D eigenvalue weighted by molar-refractivity contribution is 4.85. The fourth-order valence-corrected chi connectivity index (χ4v) is 2.92. The molecule has 2 fully saturated rings. The molecule has 0 N–H and O–H groups in total. The summed E-state index contributed by atoms with van der Waals surface area (Å²) in [6, 6.07) is 0.877. The van der Waals surface area contributed by atoms with Crippen LogP contribution in [0.2, 0.25) is 0 Å². The predicted molar refractivity (Wildman–Crippen MR) is 69.7 cm³/mol. The van der Waals surface area contributed by atoms with Crippen LogP contribution in [0.25, 0.3) is 0 Å². The van der Waals surface area contributed by atoms with E-state index in [1.54, 1.807) is 0 Å². The van der Waals surface area contributed by atoms with Gasteiger partial charge < -0.3 is 4.90 Å². The fourth-order valence-electron chi connectivity index (χ4n) is 2.92. The monoisotopic (exact) mass is 224 g/mol. The lowest BCUT2D eigenvalue weighted by Gasteiger charge is -2.44. The highest BCUT2D eigenvalue weighted by Crippen LogP contribution is 2.23. The van der Waals surface area contributed by atoms with Gasteiger partial charge in [0, 0.05) is 25.7 Å². The van der Waals surface area contributed by atoms with E-state index in [9.17, 15) is 0 Å². The Kier molecular flexibility index (Phi) is 3.91. The lowest BCUT2D eigenvalue weighted by atomic mass is 9.91. The van der Waals surface area contributed by atoms with Crippen molar-refractivity contribution in [2.75, 3.05) is 32.7 Å². The third-order valence-electron chi connectivity index (χ3n) is 4.10. The summed E-state index contributed by atoms with van der Waals surface area (Å²) >= 11 is 0. The van der Waals surface area contributed by atoms with E-state index in [0.717, 1.165) is 6.04 Å². The van der Waals surface area contributed by atoms with Crippen molar-refractivity contribution in [2.45, 2.75) is 52.5 Å². The van der Waals surface area contributed by atoms with Gasteiger partial charge in [0.15, 0.2) is 0 Å². The first kappa shape index (κ1) is 12.4. The summed E-state index contributed by atoms with van der Waals surface area (Å²) in [6.45, 7) is 13.7. The zero-order valence-electron chi connectivity index (χ0n) is 11.3. The first-order chi connectivity index (χ1) is 7.54. The highest BCUT2D eigenvalue weighted by Gasteiger charge is 2.28. The quantitative estimate of drug-likeness (QED) is 0.711. The van der Waals surface area contributed by atoms with Crippen LogP contribution in [0.4, 0.5) is 0 Å². The summed E-state index contributed by atoms with van der Waals surface area (Å²) in [5.74, 6) is 0. The van der Waals surface area contributed by atoms with Crippen molar-refractivity contribution in [2.24, 2.45) is 5.41 Å². The Balaban J connectivity index is 1.77. The van der Waals surface area contributed by atoms with Crippen LogP contribution in [0, 0.1) is 5.41 Å². The van der Waals surface area contributed by atoms with Crippen molar-refractivity contribution < 1.29 is 0 Å². The molecule has 2 nitrogen and oxygen atoms in total. The predicted octanol–water partition coefficient (Wildman–Crippen LogP) is 2.59. The largest absolute Gasteiger partial charge is 0.300 e. The van der Waals surface area contributed by atoms with E-state index >= 15 is 0 Å². The summed E-state index contributed by atoms with van der Waals surface area (Å²) in [6.07, 6.45) is 5.65. The minimum absolute atomic E-state index is 0.490. The van der Waals surface area contributed by atoms with Gasteiger partial charge in [-0.05, 0) is 37.8 Å². The smallest absolute Gasteiger partial charge is 0.0223 e. The van der Waals surface area contributed by atoms with E-state index in [0.29, 0.717) is 5.41 Å². The van der Waals surface area contributed by atoms with Crippen LogP contribution >= 0.6 is 0 Å². The van der Waals surface area contributed by atoms with E-state index in [2.05, 4.69) is 30.6 Å². The van der Waals surface area contributed by atoms with Gasteiger partial charge in [-0.25, -0.2) is 0 Å². The normalized spacial score (nSPS) is 29.1. The SMILES string of the molecule is CC(C)(C)CCN1CCN2CCCCC2C1. The second kappa shape index (κ2) is 5.05. The topological polar surface area (TPSA) is 6.48 Å². The summed E-state index contributed by atoms with van der Waals surface area (Å²) in [4.78, 5) is 5.41. The first-order valence-corrected chi connectivity index (χ1v) is 7.01. The van der Waals surface area contributed by atoms with Gasteiger partial charge in [-0.3, -0.25) is 4.90 Å². The van der Waals surface area contributed by atoms with Crippen LogP contribution in [0.1, 0.15) is 46.5 Å². The Bertz CT molecular complexity index is 219. The number of piperidine rings is 1. The molecule has 2 saturated heterocycles. The Labute approximate surface area is 101 Å². The maximum absolute atomic E-state index is 2.72. The number of hydrogen-bond donors (Lipinski definition) is 0. The average molecular weight is 224 g/mol. The number of piperazine rings is 1. The van der Waals surface area contributed by atoms with E-state index in [1.807, 2.05) is 0 Å². The van der Waals surface area contributed by atoms with Crippen molar-refractivity contribution in [1.82, 2.24) is 9.80 Å². The van der Waals surface area contributed by atoms with Crippen molar-refractivity contribution in [3.05, 3.63) is 0 Å². The van der Waals surface area contributed by atoms with Crippen molar-refractivity contribution in [3.63, 3.8) is 0 Å². The van der Waals surface area contributed by atoms with Crippen molar-refractivity contribution >= 4 is 0 Å². The van der Waals surface area contributed by atoms with E-state index in [-0.39, 0.29) is 0 Å². The molecule has 1 unspecified atom stereocenters. The van der Waals surface area contributed by atoms with Crippen LogP contribution in [0.5, 0.6) is 0 Å². The number of hydrogen-bond acceptors (Lipinski definition) is 2. The third kappa shape index (κ3) is 3.46. The highest BCUT2D eigenvalue weighted by atomic mass is 15.3. The maximum atomic E-state index is 2.72. The molecule has 0 aromatic rings. The molecular formula is C14H28N2.